The van der Waals surface area contributed by atoms with Crippen LogP contribution in [0.3, 0.4) is 0 Å². The molecule has 2 amide bonds. The summed E-state index contributed by atoms with van der Waals surface area (Å²) in [6.45, 7) is 7.15. The van der Waals surface area contributed by atoms with Gasteiger partial charge in [0, 0.05) is 11.9 Å². The van der Waals surface area contributed by atoms with Crippen molar-refractivity contribution in [3.8, 4) is 0 Å². The highest BCUT2D eigenvalue weighted by atomic mass is 32.2. The second kappa shape index (κ2) is 7.63. The number of rotatable bonds is 5. The van der Waals surface area contributed by atoms with Gasteiger partial charge in [-0.05, 0) is 38.3 Å². The summed E-state index contributed by atoms with van der Waals surface area (Å²) in [6, 6.07) is -0.898. The van der Waals surface area contributed by atoms with Gasteiger partial charge in [-0.15, -0.1) is 11.3 Å². The van der Waals surface area contributed by atoms with Gasteiger partial charge in [0.15, 0.2) is 0 Å². The minimum absolute atomic E-state index is 0.0590. The molecular weight excluding hydrogens is 412 g/mol. The Kier molecular flexibility index (Phi) is 5.45. The first-order chi connectivity index (χ1) is 13.7. The number of fused-ring (bicyclic) bond motifs is 1. The van der Waals surface area contributed by atoms with Gasteiger partial charge in [0.2, 0.25) is 15.9 Å². The van der Waals surface area contributed by atoms with Crippen molar-refractivity contribution in [3.05, 3.63) is 16.1 Å². The van der Waals surface area contributed by atoms with Gasteiger partial charge in [0.05, 0.1) is 30.8 Å². The zero-order valence-electron chi connectivity index (χ0n) is 17.1. The molecular formula is C19H28N4O4S2. The molecule has 0 N–H and O–H groups in total. The number of thiazole rings is 1. The maximum atomic E-state index is 13.2. The highest BCUT2D eigenvalue weighted by Crippen LogP contribution is 2.41. The maximum Gasteiger partial charge on any atom is 0.273 e. The van der Waals surface area contributed by atoms with Gasteiger partial charge >= 0.3 is 0 Å². The van der Waals surface area contributed by atoms with E-state index in [0.717, 1.165) is 35.2 Å². The molecule has 4 heterocycles. The number of carbonyl (C=O) groups is 2. The van der Waals surface area contributed by atoms with Gasteiger partial charge in [-0.2, -0.15) is 0 Å². The summed E-state index contributed by atoms with van der Waals surface area (Å²) in [5.74, 6) is -1.15. The molecule has 10 heteroatoms. The molecule has 3 aliphatic rings. The first-order valence-electron chi connectivity index (χ1n) is 10.2. The van der Waals surface area contributed by atoms with Gasteiger partial charge in [0.25, 0.3) is 5.91 Å². The lowest BCUT2D eigenvalue weighted by Gasteiger charge is -2.28. The minimum atomic E-state index is -3.67. The van der Waals surface area contributed by atoms with Crippen molar-refractivity contribution in [1.29, 1.82) is 0 Å². The predicted octanol–water partition coefficient (Wildman–Crippen LogP) is 1.40. The van der Waals surface area contributed by atoms with Crippen LogP contribution in [-0.4, -0.2) is 77.3 Å². The molecule has 3 saturated heterocycles. The Morgan fingerprint density at radius 2 is 1.97 bits per heavy atom. The second-order valence-corrected chi connectivity index (χ2v) is 11.4. The fraction of sp³-hybridized carbons (Fsp3) is 0.737. The van der Waals surface area contributed by atoms with E-state index in [1.54, 1.807) is 10.3 Å². The monoisotopic (exact) mass is 440 g/mol. The third-order valence-corrected chi connectivity index (χ3v) is 8.26. The predicted molar refractivity (Wildman–Crippen MR) is 110 cm³/mol. The Morgan fingerprint density at radius 1 is 1.28 bits per heavy atom. The zero-order valence-corrected chi connectivity index (χ0v) is 18.7. The average molecular weight is 441 g/mol. The van der Waals surface area contributed by atoms with Crippen molar-refractivity contribution in [1.82, 2.24) is 19.1 Å². The third kappa shape index (κ3) is 3.70. The van der Waals surface area contributed by atoms with E-state index in [1.807, 2.05) is 13.8 Å². The van der Waals surface area contributed by atoms with E-state index in [1.165, 1.54) is 24.2 Å². The topological polar surface area (TPSA) is 90.9 Å². The smallest absolute Gasteiger partial charge is 0.273 e. The summed E-state index contributed by atoms with van der Waals surface area (Å²) in [7, 11) is -3.67. The molecule has 8 nitrogen and oxygen atoms in total. The van der Waals surface area contributed by atoms with Crippen LogP contribution in [-0.2, 0) is 21.4 Å². The fourth-order valence-corrected chi connectivity index (χ4v) is 7.01. The zero-order chi connectivity index (χ0) is 20.9. The van der Waals surface area contributed by atoms with Crippen LogP contribution in [0, 0.1) is 11.8 Å². The van der Waals surface area contributed by atoms with E-state index in [4.69, 9.17) is 0 Å². The van der Waals surface area contributed by atoms with Crippen LogP contribution in [0.15, 0.2) is 5.38 Å². The first-order valence-corrected chi connectivity index (χ1v) is 12.9. The largest absolute Gasteiger partial charge is 0.331 e. The van der Waals surface area contributed by atoms with Crippen LogP contribution >= 0.6 is 11.3 Å². The molecule has 29 heavy (non-hydrogen) atoms. The molecule has 0 spiro atoms. The van der Waals surface area contributed by atoms with Crippen LogP contribution in [0.1, 0.15) is 48.6 Å². The van der Waals surface area contributed by atoms with Crippen molar-refractivity contribution >= 4 is 33.2 Å². The molecule has 0 bridgehead atoms. The molecule has 160 valence electrons. The average Bonchev–Trinajstić information content (AvgIpc) is 3.37. The number of likely N-dealkylation sites (tertiary alicyclic amines) is 2. The number of amides is 2. The molecule has 1 aromatic rings. The number of aromatic nitrogens is 1. The van der Waals surface area contributed by atoms with E-state index in [2.05, 4.69) is 9.88 Å². The molecule has 0 radical (unpaired) electrons. The minimum Gasteiger partial charge on any atom is -0.331 e. The Morgan fingerprint density at radius 3 is 2.59 bits per heavy atom. The van der Waals surface area contributed by atoms with Crippen LogP contribution in [0.4, 0.5) is 0 Å². The van der Waals surface area contributed by atoms with Crippen molar-refractivity contribution in [2.24, 2.45) is 11.8 Å². The summed E-state index contributed by atoms with van der Waals surface area (Å²) >= 11 is 1.49. The van der Waals surface area contributed by atoms with Crippen molar-refractivity contribution < 1.29 is 18.0 Å². The van der Waals surface area contributed by atoms with Gasteiger partial charge in [-0.3, -0.25) is 14.5 Å². The van der Waals surface area contributed by atoms with Crippen LogP contribution in [0.2, 0.25) is 0 Å². The number of sulfonamides is 1. The fourth-order valence-electron chi connectivity index (χ4n) is 5.03. The Hall–Kier alpha value is -1.52. The maximum absolute atomic E-state index is 13.2. The van der Waals surface area contributed by atoms with Gasteiger partial charge < -0.3 is 4.90 Å². The SMILES string of the molecule is CC(C)[C@H]1C(=O)N(S(C)(=O)=O)[C@H]2CCN(C(=O)c3csc(CN4CCCC4)n3)[C@H]12. The molecule has 0 unspecified atom stereocenters. The lowest BCUT2D eigenvalue weighted by molar-refractivity contribution is -0.129. The summed E-state index contributed by atoms with van der Waals surface area (Å²) in [4.78, 5) is 34.7. The Balaban J connectivity index is 1.57. The van der Waals surface area contributed by atoms with Crippen LogP contribution < -0.4 is 0 Å². The Bertz CT molecular complexity index is 907. The van der Waals surface area contributed by atoms with E-state index in [9.17, 15) is 18.0 Å². The number of carbonyl (C=O) groups excluding carboxylic acids is 2. The van der Waals surface area contributed by atoms with Crippen molar-refractivity contribution in [2.75, 3.05) is 25.9 Å². The van der Waals surface area contributed by atoms with E-state index in [0.29, 0.717) is 18.7 Å². The van der Waals surface area contributed by atoms with Gasteiger partial charge in [-0.1, -0.05) is 13.8 Å². The highest BCUT2D eigenvalue weighted by molar-refractivity contribution is 7.88. The summed E-state index contributed by atoms with van der Waals surface area (Å²) in [5, 5.41) is 2.71. The molecule has 4 rings (SSSR count). The molecule has 0 aliphatic carbocycles. The number of nitrogens with zero attached hydrogens (tertiary/aromatic N) is 4. The summed E-state index contributed by atoms with van der Waals surface area (Å²) in [6.07, 6.45) is 3.95. The van der Waals surface area contributed by atoms with E-state index in [-0.39, 0.29) is 17.7 Å². The van der Waals surface area contributed by atoms with Gasteiger partial charge in [-0.25, -0.2) is 17.7 Å². The first kappa shape index (κ1) is 20.7. The van der Waals surface area contributed by atoms with E-state index >= 15 is 0 Å². The van der Waals surface area contributed by atoms with Crippen LogP contribution in [0.25, 0.3) is 0 Å². The quantitative estimate of drug-likeness (QED) is 0.687. The van der Waals surface area contributed by atoms with E-state index < -0.39 is 28.0 Å². The standard InChI is InChI=1S/C19H28N4O4S2/c1-12(2)16-17-14(23(19(16)25)29(3,26)27)6-9-22(17)18(24)13-11-28-15(20-13)10-21-7-4-5-8-21/h11-12,14,16-17H,4-10H2,1-3H3/t14-,16+,17-/m0/s1. The molecule has 0 aromatic carbocycles. The lowest BCUT2D eigenvalue weighted by Crippen LogP contribution is -2.44. The second-order valence-electron chi connectivity index (χ2n) is 8.62. The summed E-state index contributed by atoms with van der Waals surface area (Å²) < 4.78 is 25.5. The van der Waals surface area contributed by atoms with Crippen LogP contribution in [0.5, 0.6) is 0 Å². The lowest BCUT2D eigenvalue weighted by atomic mass is 9.88. The normalized spacial score (nSPS) is 28.0. The highest BCUT2D eigenvalue weighted by Gasteiger charge is 2.58. The molecule has 0 saturated carbocycles. The molecule has 1 aromatic heterocycles. The third-order valence-electron chi connectivity index (χ3n) is 6.26. The van der Waals surface area contributed by atoms with Crippen molar-refractivity contribution in [3.63, 3.8) is 0 Å². The number of hydrogen-bond acceptors (Lipinski definition) is 7. The Labute approximate surface area is 175 Å². The number of hydrogen-bond donors (Lipinski definition) is 0. The van der Waals surface area contributed by atoms with Gasteiger partial charge in [0.1, 0.15) is 10.7 Å². The molecule has 3 aliphatic heterocycles. The van der Waals surface area contributed by atoms with Crippen molar-refractivity contribution in [2.45, 2.75) is 51.7 Å². The summed E-state index contributed by atoms with van der Waals surface area (Å²) in [5.41, 5.74) is 0.401. The molecule has 3 fully saturated rings. The molecule has 3 atom stereocenters.